The lowest BCUT2D eigenvalue weighted by Gasteiger charge is -2.31. The molecule has 16 heavy (non-hydrogen) atoms. The maximum absolute atomic E-state index is 10.9. The van der Waals surface area contributed by atoms with Crippen molar-refractivity contribution < 1.29 is 40.2 Å². The standard InChI is InChI=1S/C8H14O8/c1-3(10)8(16,7(14)15)6(13)5(12)4(11)2-9/h4-6,9,11-13,16H,2H2,1H3,(H,14,15)/t4-,5-,6+,8-/m1/s1. The minimum atomic E-state index is -3.23. The van der Waals surface area contributed by atoms with Crippen molar-refractivity contribution in [1.82, 2.24) is 0 Å². The molecule has 0 rings (SSSR count). The van der Waals surface area contributed by atoms with Crippen molar-refractivity contribution in [2.75, 3.05) is 6.61 Å². The molecule has 0 aromatic carbocycles. The normalized spacial score (nSPS) is 20.6. The van der Waals surface area contributed by atoms with Gasteiger partial charge in [0, 0.05) is 0 Å². The molecule has 0 amide bonds. The average Bonchev–Trinajstić information content (AvgIpc) is 2.23. The van der Waals surface area contributed by atoms with Crippen molar-refractivity contribution in [3.63, 3.8) is 0 Å². The van der Waals surface area contributed by atoms with Gasteiger partial charge >= 0.3 is 5.97 Å². The summed E-state index contributed by atoms with van der Waals surface area (Å²) >= 11 is 0. The van der Waals surface area contributed by atoms with Gasteiger partial charge in [0.1, 0.15) is 18.3 Å². The van der Waals surface area contributed by atoms with Crippen LogP contribution in [-0.2, 0) is 9.59 Å². The number of aliphatic hydroxyl groups excluding tert-OH is 4. The second-order valence-corrected chi connectivity index (χ2v) is 3.31. The van der Waals surface area contributed by atoms with Gasteiger partial charge in [-0.25, -0.2) is 4.79 Å². The Morgan fingerprint density at radius 2 is 1.69 bits per heavy atom. The monoisotopic (exact) mass is 238 g/mol. The third-order valence-corrected chi connectivity index (χ3v) is 2.20. The van der Waals surface area contributed by atoms with Crippen LogP contribution in [0.1, 0.15) is 6.92 Å². The first kappa shape index (κ1) is 14.9. The van der Waals surface area contributed by atoms with E-state index in [0.29, 0.717) is 6.92 Å². The number of Topliss-reactive ketones (excluding diaryl/α,β-unsaturated/α-hetero) is 1. The molecule has 0 fully saturated rings. The largest absolute Gasteiger partial charge is 0.479 e. The van der Waals surface area contributed by atoms with Gasteiger partial charge in [-0.15, -0.1) is 0 Å². The van der Waals surface area contributed by atoms with Gasteiger partial charge < -0.3 is 30.6 Å². The minimum Gasteiger partial charge on any atom is -0.479 e. The minimum absolute atomic E-state index is 0.704. The third-order valence-electron chi connectivity index (χ3n) is 2.20. The topological polar surface area (TPSA) is 156 Å². The van der Waals surface area contributed by atoms with E-state index in [-0.39, 0.29) is 0 Å². The Balaban J connectivity index is 5.11. The zero-order valence-corrected chi connectivity index (χ0v) is 8.44. The van der Waals surface area contributed by atoms with Gasteiger partial charge in [-0.1, -0.05) is 0 Å². The molecule has 8 nitrogen and oxygen atoms in total. The molecule has 4 atom stereocenters. The van der Waals surface area contributed by atoms with Crippen LogP contribution in [0.2, 0.25) is 0 Å². The van der Waals surface area contributed by atoms with Crippen molar-refractivity contribution in [3.8, 4) is 0 Å². The molecular formula is C8H14O8. The van der Waals surface area contributed by atoms with E-state index in [0.717, 1.165) is 0 Å². The number of hydrogen-bond donors (Lipinski definition) is 6. The molecular weight excluding hydrogens is 224 g/mol. The summed E-state index contributed by atoms with van der Waals surface area (Å²) in [5, 5.41) is 53.9. The average molecular weight is 238 g/mol. The second-order valence-electron chi connectivity index (χ2n) is 3.31. The van der Waals surface area contributed by atoms with Gasteiger partial charge in [0.05, 0.1) is 6.61 Å². The molecule has 0 aliphatic carbocycles. The Bertz CT molecular complexity index is 261. The highest BCUT2D eigenvalue weighted by molar-refractivity contribution is 6.05. The summed E-state index contributed by atoms with van der Waals surface area (Å²) in [5.74, 6) is -3.37. The molecule has 0 saturated carbocycles. The number of carbonyl (C=O) groups is 2. The quantitative estimate of drug-likeness (QED) is 0.260. The van der Waals surface area contributed by atoms with Gasteiger partial charge in [0.2, 0.25) is 5.60 Å². The summed E-state index contributed by atoms with van der Waals surface area (Å²) < 4.78 is 0. The highest BCUT2D eigenvalue weighted by Crippen LogP contribution is 2.18. The van der Waals surface area contributed by atoms with Crippen LogP contribution in [0.3, 0.4) is 0 Å². The van der Waals surface area contributed by atoms with Crippen LogP contribution >= 0.6 is 0 Å². The first-order valence-corrected chi connectivity index (χ1v) is 4.31. The summed E-state index contributed by atoms with van der Waals surface area (Å²) in [6.45, 7) is -0.263. The number of aliphatic carboxylic acids is 1. The van der Waals surface area contributed by atoms with Crippen LogP contribution in [0, 0.1) is 0 Å². The zero-order chi connectivity index (χ0) is 13.1. The fourth-order valence-corrected chi connectivity index (χ4v) is 1.05. The van der Waals surface area contributed by atoms with E-state index in [1.165, 1.54) is 0 Å². The van der Waals surface area contributed by atoms with E-state index >= 15 is 0 Å². The Hall–Kier alpha value is -1.06. The predicted molar refractivity (Wildman–Crippen MR) is 48.4 cm³/mol. The molecule has 0 aliphatic rings. The second kappa shape index (κ2) is 5.32. The van der Waals surface area contributed by atoms with E-state index in [4.69, 9.17) is 15.3 Å². The molecule has 0 bridgehead atoms. The summed E-state index contributed by atoms with van der Waals surface area (Å²) in [5.41, 5.74) is -3.23. The Kier molecular flexibility index (Phi) is 4.97. The molecule has 0 aromatic rings. The van der Waals surface area contributed by atoms with Crippen LogP contribution in [0.4, 0.5) is 0 Å². The molecule has 94 valence electrons. The number of ketones is 1. The predicted octanol–water partition coefficient (Wildman–Crippen LogP) is -3.53. The third kappa shape index (κ3) is 2.54. The number of hydrogen-bond acceptors (Lipinski definition) is 7. The van der Waals surface area contributed by atoms with E-state index in [1.54, 1.807) is 0 Å². The van der Waals surface area contributed by atoms with Crippen molar-refractivity contribution >= 4 is 11.8 Å². The molecule has 0 aliphatic heterocycles. The molecule has 0 heterocycles. The lowest BCUT2D eigenvalue weighted by molar-refractivity contribution is -0.192. The fraction of sp³-hybridized carbons (Fsp3) is 0.750. The molecule has 0 radical (unpaired) electrons. The number of carboxylic acids is 1. The molecule has 0 unspecified atom stereocenters. The lowest BCUT2D eigenvalue weighted by Crippen LogP contribution is -2.61. The van der Waals surface area contributed by atoms with Crippen LogP contribution in [0.25, 0.3) is 0 Å². The summed E-state index contributed by atoms with van der Waals surface area (Å²) in [4.78, 5) is 21.6. The van der Waals surface area contributed by atoms with Crippen LogP contribution < -0.4 is 0 Å². The fourth-order valence-electron chi connectivity index (χ4n) is 1.05. The highest BCUT2D eigenvalue weighted by Gasteiger charge is 2.52. The maximum atomic E-state index is 10.9. The van der Waals surface area contributed by atoms with E-state index < -0.39 is 42.3 Å². The van der Waals surface area contributed by atoms with Gasteiger partial charge in [-0.3, -0.25) is 4.79 Å². The summed E-state index contributed by atoms with van der Waals surface area (Å²) in [6.07, 6.45) is -6.50. The van der Waals surface area contributed by atoms with Crippen molar-refractivity contribution in [2.24, 2.45) is 0 Å². The molecule has 0 spiro atoms. The molecule has 8 heteroatoms. The molecule has 6 N–H and O–H groups in total. The Morgan fingerprint density at radius 3 is 1.94 bits per heavy atom. The highest BCUT2D eigenvalue weighted by atomic mass is 16.4. The summed E-state index contributed by atoms with van der Waals surface area (Å²) in [7, 11) is 0. The smallest absolute Gasteiger partial charge is 0.346 e. The number of carbonyl (C=O) groups excluding carboxylic acids is 1. The van der Waals surface area contributed by atoms with Crippen molar-refractivity contribution in [2.45, 2.75) is 30.8 Å². The van der Waals surface area contributed by atoms with E-state index in [1.807, 2.05) is 0 Å². The van der Waals surface area contributed by atoms with Crippen molar-refractivity contribution in [3.05, 3.63) is 0 Å². The number of carboxylic acid groups (broad SMARTS) is 1. The van der Waals surface area contributed by atoms with Crippen LogP contribution in [0.15, 0.2) is 0 Å². The first-order valence-electron chi connectivity index (χ1n) is 4.31. The first-order chi connectivity index (χ1) is 7.19. The van der Waals surface area contributed by atoms with Crippen molar-refractivity contribution in [1.29, 1.82) is 0 Å². The number of rotatable bonds is 6. The Morgan fingerprint density at radius 1 is 1.25 bits per heavy atom. The van der Waals surface area contributed by atoms with Crippen LogP contribution in [0.5, 0.6) is 0 Å². The van der Waals surface area contributed by atoms with Gasteiger partial charge in [-0.2, -0.15) is 0 Å². The number of aliphatic hydroxyl groups is 5. The maximum Gasteiger partial charge on any atom is 0.346 e. The van der Waals surface area contributed by atoms with E-state index in [9.17, 15) is 24.9 Å². The van der Waals surface area contributed by atoms with Crippen LogP contribution in [-0.4, -0.2) is 72.9 Å². The lowest BCUT2D eigenvalue weighted by atomic mass is 9.87. The van der Waals surface area contributed by atoms with Gasteiger partial charge in [0.15, 0.2) is 5.78 Å². The van der Waals surface area contributed by atoms with Gasteiger partial charge in [0.25, 0.3) is 0 Å². The van der Waals surface area contributed by atoms with Gasteiger partial charge in [-0.05, 0) is 6.92 Å². The molecule has 0 saturated heterocycles. The summed E-state index contributed by atoms with van der Waals surface area (Å²) in [6, 6.07) is 0. The Labute approximate surface area is 90.4 Å². The SMILES string of the molecule is CC(=O)[C@](O)(C(=O)O)[C@@H](O)[C@H](O)[C@H](O)CO. The van der Waals surface area contributed by atoms with E-state index in [2.05, 4.69) is 0 Å². The molecule has 0 aromatic heterocycles. The zero-order valence-electron chi connectivity index (χ0n) is 8.44.